The lowest BCUT2D eigenvalue weighted by molar-refractivity contribution is -0.153. The zero-order chi connectivity index (χ0) is 9.90. The van der Waals surface area contributed by atoms with Gasteiger partial charge in [-0.25, -0.2) is 0 Å². The van der Waals surface area contributed by atoms with Crippen LogP contribution in [0, 0.1) is 5.92 Å². The predicted molar refractivity (Wildman–Crippen MR) is 44.5 cm³/mol. The zero-order valence-corrected chi connectivity index (χ0v) is 8.17. The number of cyclic esters (lactones) is 1. The molecule has 1 aliphatic rings. The molecule has 0 N–H and O–H groups in total. The van der Waals surface area contributed by atoms with Crippen molar-refractivity contribution in [2.24, 2.45) is 5.92 Å². The molecule has 1 saturated heterocycles. The van der Waals surface area contributed by atoms with Crippen molar-refractivity contribution in [2.45, 2.75) is 12.8 Å². The Kier molecular flexibility index (Phi) is 3.27. The molecule has 0 amide bonds. The first-order valence-corrected chi connectivity index (χ1v) is 5.82. The summed E-state index contributed by atoms with van der Waals surface area (Å²) in [5, 5.41) is 0. The Balaban J connectivity index is 2.40. The van der Waals surface area contributed by atoms with Crippen LogP contribution in [0.25, 0.3) is 0 Å². The van der Waals surface area contributed by atoms with Gasteiger partial charge >= 0.3 is 5.97 Å². The molecule has 0 bridgehead atoms. The number of ether oxygens (including phenoxy) is 1. The van der Waals surface area contributed by atoms with Gasteiger partial charge in [0, 0.05) is 0 Å². The molecule has 76 valence electrons. The topological polar surface area (TPSA) is 69.7 Å². The van der Waals surface area contributed by atoms with E-state index >= 15 is 0 Å². The predicted octanol–water partition coefficient (Wildman–Crippen LogP) is -0.0842. The first-order valence-electron chi connectivity index (χ1n) is 4.00. The number of carbonyl (C=O) groups is 1. The average molecular weight is 208 g/mol. The Morgan fingerprint density at radius 2 is 2.31 bits per heavy atom. The van der Waals surface area contributed by atoms with E-state index in [9.17, 15) is 13.2 Å². The summed E-state index contributed by atoms with van der Waals surface area (Å²) in [4.78, 5) is 11.0. The second kappa shape index (κ2) is 4.06. The molecule has 0 saturated carbocycles. The molecule has 1 fully saturated rings. The smallest absolute Gasteiger partial charge is 0.311 e. The van der Waals surface area contributed by atoms with Crippen LogP contribution in [-0.2, 0) is 23.8 Å². The molecule has 13 heavy (non-hydrogen) atoms. The molecule has 0 aromatic carbocycles. The molecule has 6 heteroatoms. The monoisotopic (exact) mass is 208 g/mol. The van der Waals surface area contributed by atoms with Gasteiger partial charge in [-0.15, -0.1) is 0 Å². The third-order valence-corrected chi connectivity index (χ3v) is 2.32. The van der Waals surface area contributed by atoms with Crippen LogP contribution in [0.1, 0.15) is 12.8 Å². The molecule has 1 unspecified atom stereocenters. The summed E-state index contributed by atoms with van der Waals surface area (Å²) >= 11 is 0. The lowest BCUT2D eigenvalue weighted by Gasteiger charge is -2.19. The summed E-state index contributed by atoms with van der Waals surface area (Å²) in [6.45, 7) is 0.325. The molecule has 1 heterocycles. The fourth-order valence-corrected chi connectivity index (χ4v) is 1.51. The van der Waals surface area contributed by atoms with Gasteiger partial charge < -0.3 is 4.74 Å². The molecule has 0 spiro atoms. The first kappa shape index (κ1) is 10.5. The van der Waals surface area contributed by atoms with Crippen LogP contribution in [0.2, 0.25) is 0 Å². The van der Waals surface area contributed by atoms with Crippen molar-refractivity contribution in [3.63, 3.8) is 0 Å². The lowest BCUT2D eigenvalue weighted by Crippen LogP contribution is -2.28. The Morgan fingerprint density at radius 3 is 2.85 bits per heavy atom. The van der Waals surface area contributed by atoms with Gasteiger partial charge in [0.05, 0.1) is 25.4 Å². The van der Waals surface area contributed by atoms with E-state index < -0.39 is 16.0 Å². The second-order valence-electron chi connectivity index (χ2n) is 3.00. The van der Waals surface area contributed by atoms with E-state index in [4.69, 9.17) is 4.74 Å². The summed E-state index contributed by atoms with van der Waals surface area (Å²) < 4.78 is 30.5. The van der Waals surface area contributed by atoms with Gasteiger partial charge in [0.1, 0.15) is 0 Å². The van der Waals surface area contributed by atoms with E-state index in [1.54, 1.807) is 0 Å². The molecular formula is C7H12O5S. The minimum Gasteiger partial charge on any atom is -0.465 e. The summed E-state index contributed by atoms with van der Waals surface area (Å²) in [7, 11) is -3.45. The highest BCUT2D eigenvalue weighted by Crippen LogP contribution is 2.15. The van der Waals surface area contributed by atoms with E-state index in [1.165, 1.54) is 0 Å². The molecule has 1 atom stereocenters. The maximum Gasteiger partial charge on any atom is 0.311 e. The number of hydrogen-bond donors (Lipinski definition) is 0. The van der Waals surface area contributed by atoms with Crippen molar-refractivity contribution in [1.82, 2.24) is 0 Å². The second-order valence-corrected chi connectivity index (χ2v) is 4.64. The molecule has 1 aliphatic heterocycles. The summed E-state index contributed by atoms with van der Waals surface area (Å²) in [6, 6.07) is 0. The molecule has 0 aliphatic carbocycles. The Hall–Kier alpha value is -0.620. The average Bonchev–Trinajstić information content (AvgIpc) is 2.01. The van der Waals surface area contributed by atoms with Crippen LogP contribution in [-0.4, -0.2) is 33.9 Å². The van der Waals surface area contributed by atoms with Crippen molar-refractivity contribution in [3.05, 3.63) is 0 Å². The fourth-order valence-electron chi connectivity index (χ4n) is 1.10. The van der Waals surface area contributed by atoms with Crippen molar-refractivity contribution in [3.8, 4) is 0 Å². The van der Waals surface area contributed by atoms with Gasteiger partial charge in [-0.3, -0.25) is 8.98 Å². The maximum absolute atomic E-state index is 11.0. The van der Waals surface area contributed by atoms with E-state index in [1.807, 2.05) is 0 Å². The summed E-state index contributed by atoms with van der Waals surface area (Å²) in [5.74, 6) is -0.793. The first-order chi connectivity index (χ1) is 5.99. The van der Waals surface area contributed by atoms with Crippen molar-refractivity contribution in [2.75, 3.05) is 19.5 Å². The highest BCUT2D eigenvalue weighted by Gasteiger charge is 2.25. The Labute approximate surface area is 77.1 Å². The third-order valence-electron chi connectivity index (χ3n) is 1.76. The zero-order valence-electron chi connectivity index (χ0n) is 7.36. The summed E-state index contributed by atoms with van der Waals surface area (Å²) in [5.41, 5.74) is 0. The van der Waals surface area contributed by atoms with Crippen LogP contribution in [0.4, 0.5) is 0 Å². The fraction of sp³-hybridized carbons (Fsp3) is 0.857. The van der Waals surface area contributed by atoms with Crippen LogP contribution >= 0.6 is 0 Å². The molecule has 0 aromatic rings. The van der Waals surface area contributed by atoms with Gasteiger partial charge in [-0.1, -0.05) is 0 Å². The normalized spacial score (nSPS) is 24.1. The number of hydrogen-bond acceptors (Lipinski definition) is 5. The molecule has 5 nitrogen and oxygen atoms in total. The number of esters is 1. The third kappa shape index (κ3) is 3.73. The molecule has 0 aromatic heterocycles. The highest BCUT2D eigenvalue weighted by molar-refractivity contribution is 7.85. The van der Waals surface area contributed by atoms with Crippen LogP contribution in [0.5, 0.6) is 0 Å². The van der Waals surface area contributed by atoms with Crippen molar-refractivity contribution in [1.29, 1.82) is 0 Å². The largest absolute Gasteiger partial charge is 0.465 e. The highest BCUT2D eigenvalue weighted by atomic mass is 32.2. The number of carbonyl (C=O) groups excluding carboxylic acids is 1. The van der Waals surface area contributed by atoms with Gasteiger partial charge in [-0.2, -0.15) is 8.42 Å². The van der Waals surface area contributed by atoms with Crippen LogP contribution < -0.4 is 0 Å². The van der Waals surface area contributed by atoms with Crippen molar-refractivity contribution >= 4 is 16.1 Å². The van der Waals surface area contributed by atoms with Crippen LogP contribution in [0.3, 0.4) is 0 Å². The van der Waals surface area contributed by atoms with Gasteiger partial charge in [0.25, 0.3) is 10.1 Å². The standard InChI is InChI=1S/C7H12O5S/c1-13(9,10)12-5-6-3-2-4-11-7(6)8/h6H,2-5H2,1H3. The lowest BCUT2D eigenvalue weighted by atomic mass is 10.0. The minimum absolute atomic E-state index is 0.0995. The van der Waals surface area contributed by atoms with Crippen molar-refractivity contribution < 1.29 is 22.1 Å². The quantitative estimate of drug-likeness (QED) is 0.479. The maximum atomic E-state index is 11.0. The van der Waals surface area contributed by atoms with E-state index in [0.717, 1.165) is 12.7 Å². The SMILES string of the molecule is CS(=O)(=O)OCC1CCCOC1=O. The molecule has 1 rings (SSSR count). The van der Waals surface area contributed by atoms with Gasteiger partial charge in [0.15, 0.2) is 0 Å². The van der Waals surface area contributed by atoms with Crippen LogP contribution in [0.15, 0.2) is 0 Å². The van der Waals surface area contributed by atoms with E-state index in [0.29, 0.717) is 13.0 Å². The van der Waals surface area contributed by atoms with E-state index in [2.05, 4.69) is 4.18 Å². The number of rotatable bonds is 3. The van der Waals surface area contributed by atoms with Gasteiger partial charge in [-0.05, 0) is 12.8 Å². The minimum atomic E-state index is -3.45. The molecular weight excluding hydrogens is 196 g/mol. The Morgan fingerprint density at radius 1 is 1.62 bits per heavy atom. The summed E-state index contributed by atoms with van der Waals surface area (Å²) in [6.07, 6.45) is 2.36. The molecule has 0 radical (unpaired) electrons. The Bertz CT molecular complexity index is 281. The van der Waals surface area contributed by atoms with E-state index in [-0.39, 0.29) is 12.6 Å². The van der Waals surface area contributed by atoms with Gasteiger partial charge in [0.2, 0.25) is 0 Å².